The smallest absolute Gasteiger partial charge is 0.280 e. The quantitative estimate of drug-likeness (QED) is 0.241. The van der Waals surface area contributed by atoms with E-state index in [4.69, 9.17) is 9.47 Å². The van der Waals surface area contributed by atoms with Gasteiger partial charge in [0.15, 0.2) is 11.5 Å². The van der Waals surface area contributed by atoms with Gasteiger partial charge in [-0.25, -0.2) is 0 Å². The number of nitro benzene ring substituents is 1. The van der Waals surface area contributed by atoms with Crippen LogP contribution in [-0.4, -0.2) is 22.8 Å². The van der Waals surface area contributed by atoms with E-state index in [1.165, 1.54) is 31.5 Å². The van der Waals surface area contributed by atoms with Crippen LogP contribution in [0.1, 0.15) is 21.6 Å². The third-order valence-electron chi connectivity index (χ3n) is 4.85. The number of nitrogens with zero attached hydrogens (tertiary/aromatic N) is 2. The lowest BCUT2D eigenvalue weighted by Gasteiger charge is -2.15. The Labute approximate surface area is 178 Å². The lowest BCUT2D eigenvalue weighted by Crippen LogP contribution is -2.09. The molecular weight excluding hydrogens is 396 g/mol. The topological polar surface area (TPSA) is 91.6 Å². The molecule has 31 heavy (non-hydrogen) atoms. The van der Waals surface area contributed by atoms with E-state index in [1.807, 2.05) is 30.3 Å². The second-order valence-electron chi connectivity index (χ2n) is 6.73. The fourth-order valence-electron chi connectivity index (χ4n) is 3.38. The number of rotatable bonds is 7. The molecule has 4 aromatic rings. The number of methoxy groups -OCH3 is 1. The summed E-state index contributed by atoms with van der Waals surface area (Å²) in [6.45, 7) is 0.254. The Morgan fingerprint density at radius 2 is 1.74 bits per heavy atom. The maximum absolute atomic E-state index is 13.3. The van der Waals surface area contributed by atoms with Crippen LogP contribution in [0.15, 0.2) is 79.0 Å². The molecule has 154 valence electrons. The summed E-state index contributed by atoms with van der Waals surface area (Å²) in [5, 5.41) is 12.6. The van der Waals surface area contributed by atoms with Crippen molar-refractivity contribution < 1.29 is 19.2 Å². The van der Waals surface area contributed by atoms with E-state index < -0.39 is 10.7 Å². The highest BCUT2D eigenvalue weighted by Gasteiger charge is 2.25. The molecule has 0 fully saturated rings. The van der Waals surface area contributed by atoms with Crippen molar-refractivity contribution in [1.82, 2.24) is 4.98 Å². The average Bonchev–Trinajstić information content (AvgIpc) is 2.82. The van der Waals surface area contributed by atoms with Gasteiger partial charge in [0.1, 0.15) is 17.9 Å². The molecule has 0 atom stereocenters. The van der Waals surface area contributed by atoms with Crippen LogP contribution < -0.4 is 9.47 Å². The van der Waals surface area contributed by atoms with E-state index in [-0.39, 0.29) is 23.6 Å². The SMILES string of the molecule is COc1ccc2ccnc(C(=O)c3ccccc3[N+](=O)[O-])c2c1OCc1ccccc1. The molecule has 0 aliphatic heterocycles. The molecule has 0 unspecified atom stereocenters. The second kappa shape index (κ2) is 8.62. The first-order valence-corrected chi connectivity index (χ1v) is 9.50. The Morgan fingerprint density at radius 3 is 2.48 bits per heavy atom. The highest BCUT2D eigenvalue weighted by molar-refractivity contribution is 6.18. The normalized spacial score (nSPS) is 10.6. The molecular formula is C24H18N2O5. The zero-order valence-corrected chi connectivity index (χ0v) is 16.6. The maximum atomic E-state index is 13.3. The number of ether oxygens (including phenoxy) is 2. The Bertz CT molecular complexity index is 1270. The number of pyridine rings is 1. The predicted octanol–water partition coefficient (Wildman–Crippen LogP) is 4.96. The minimum atomic E-state index is -0.578. The molecule has 0 bridgehead atoms. The van der Waals surface area contributed by atoms with Crippen molar-refractivity contribution in [2.24, 2.45) is 0 Å². The molecule has 7 heteroatoms. The number of aromatic nitrogens is 1. The zero-order valence-electron chi connectivity index (χ0n) is 16.6. The van der Waals surface area contributed by atoms with Crippen LogP contribution in [0.2, 0.25) is 0 Å². The molecule has 1 heterocycles. The second-order valence-corrected chi connectivity index (χ2v) is 6.73. The van der Waals surface area contributed by atoms with Crippen molar-refractivity contribution in [3.8, 4) is 11.5 Å². The van der Waals surface area contributed by atoms with Gasteiger partial charge in [0.2, 0.25) is 5.78 Å². The Hall–Kier alpha value is -4.26. The number of carbonyl (C=O) groups excluding carboxylic acids is 1. The van der Waals surface area contributed by atoms with E-state index in [1.54, 1.807) is 24.3 Å². The van der Waals surface area contributed by atoms with Crippen molar-refractivity contribution in [3.05, 3.63) is 106 Å². The lowest BCUT2D eigenvalue weighted by atomic mass is 10.00. The first kappa shape index (κ1) is 20.0. The summed E-state index contributed by atoms with van der Waals surface area (Å²) in [6, 6.07) is 20.7. The molecule has 0 aliphatic rings. The standard InChI is InChI=1S/C24H18N2O5/c1-30-20-12-11-17-13-14-25-22(23(27)18-9-5-6-10-19(18)26(28)29)21(17)24(20)31-15-16-7-3-2-4-8-16/h2-14H,15H2,1H3. The number of hydrogen-bond acceptors (Lipinski definition) is 6. The molecule has 0 N–H and O–H groups in total. The van der Waals surface area contributed by atoms with Crippen LogP contribution >= 0.6 is 0 Å². The highest BCUT2D eigenvalue weighted by atomic mass is 16.6. The Morgan fingerprint density at radius 1 is 1.00 bits per heavy atom. The summed E-state index contributed by atoms with van der Waals surface area (Å²) < 4.78 is 11.6. The van der Waals surface area contributed by atoms with Crippen molar-refractivity contribution >= 4 is 22.2 Å². The molecule has 7 nitrogen and oxygen atoms in total. The van der Waals surface area contributed by atoms with Gasteiger partial charge >= 0.3 is 0 Å². The number of nitro groups is 1. The van der Waals surface area contributed by atoms with E-state index in [0.717, 1.165) is 5.56 Å². The van der Waals surface area contributed by atoms with Crippen molar-refractivity contribution in [3.63, 3.8) is 0 Å². The number of carbonyl (C=O) groups is 1. The average molecular weight is 414 g/mol. The van der Waals surface area contributed by atoms with Crippen molar-refractivity contribution in [2.45, 2.75) is 6.61 Å². The van der Waals surface area contributed by atoms with Crippen molar-refractivity contribution in [1.29, 1.82) is 0 Å². The number of ketones is 1. The van der Waals surface area contributed by atoms with Gasteiger partial charge in [0.05, 0.1) is 17.4 Å². The van der Waals surface area contributed by atoms with Crippen LogP contribution in [0.5, 0.6) is 11.5 Å². The lowest BCUT2D eigenvalue weighted by molar-refractivity contribution is -0.385. The molecule has 4 rings (SSSR count). The third-order valence-corrected chi connectivity index (χ3v) is 4.85. The highest BCUT2D eigenvalue weighted by Crippen LogP contribution is 2.38. The van der Waals surface area contributed by atoms with Crippen LogP contribution in [0, 0.1) is 10.1 Å². The monoisotopic (exact) mass is 414 g/mol. The molecule has 0 aliphatic carbocycles. The van der Waals surface area contributed by atoms with Crippen LogP contribution in [-0.2, 0) is 6.61 Å². The first-order chi connectivity index (χ1) is 15.1. The minimum Gasteiger partial charge on any atom is -0.493 e. The molecule has 3 aromatic carbocycles. The van der Waals surface area contributed by atoms with E-state index in [9.17, 15) is 14.9 Å². The van der Waals surface area contributed by atoms with Gasteiger partial charge in [0.25, 0.3) is 5.69 Å². The van der Waals surface area contributed by atoms with Crippen LogP contribution in [0.25, 0.3) is 10.8 Å². The summed E-state index contributed by atoms with van der Waals surface area (Å²) in [4.78, 5) is 28.5. The predicted molar refractivity (Wildman–Crippen MR) is 116 cm³/mol. The summed E-state index contributed by atoms with van der Waals surface area (Å²) in [5.74, 6) is 0.239. The van der Waals surface area contributed by atoms with E-state index in [0.29, 0.717) is 22.3 Å². The Kier molecular flexibility index (Phi) is 5.57. The molecule has 0 saturated carbocycles. The van der Waals surface area contributed by atoms with Gasteiger partial charge < -0.3 is 9.47 Å². The number of hydrogen-bond donors (Lipinski definition) is 0. The van der Waals surface area contributed by atoms with Crippen molar-refractivity contribution in [2.75, 3.05) is 7.11 Å². The Balaban J connectivity index is 1.87. The molecule has 1 aromatic heterocycles. The largest absolute Gasteiger partial charge is 0.493 e. The number of benzene rings is 3. The van der Waals surface area contributed by atoms with Gasteiger partial charge in [-0.15, -0.1) is 0 Å². The summed E-state index contributed by atoms with van der Waals surface area (Å²) in [7, 11) is 1.51. The van der Waals surface area contributed by atoms with E-state index >= 15 is 0 Å². The molecule has 0 radical (unpaired) electrons. The van der Waals surface area contributed by atoms with Gasteiger partial charge in [-0.1, -0.05) is 48.5 Å². The zero-order chi connectivity index (χ0) is 21.8. The van der Waals surface area contributed by atoms with Gasteiger partial charge in [-0.2, -0.15) is 0 Å². The van der Waals surface area contributed by atoms with E-state index in [2.05, 4.69) is 4.98 Å². The number of fused-ring (bicyclic) bond motifs is 1. The van der Waals surface area contributed by atoms with Crippen LogP contribution in [0.4, 0.5) is 5.69 Å². The third kappa shape index (κ3) is 3.93. The molecule has 0 amide bonds. The number of para-hydroxylation sites is 1. The summed E-state index contributed by atoms with van der Waals surface area (Å²) in [6.07, 6.45) is 1.50. The fraction of sp³-hybridized carbons (Fsp3) is 0.0833. The first-order valence-electron chi connectivity index (χ1n) is 9.50. The van der Waals surface area contributed by atoms with Gasteiger partial charge in [0, 0.05) is 12.3 Å². The summed E-state index contributed by atoms with van der Waals surface area (Å²) >= 11 is 0. The molecule has 0 saturated heterocycles. The van der Waals surface area contributed by atoms with Gasteiger partial charge in [-0.05, 0) is 29.1 Å². The fourth-order valence-corrected chi connectivity index (χ4v) is 3.38. The minimum absolute atomic E-state index is 0.0377. The van der Waals surface area contributed by atoms with Crippen LogP contribution in [0.3, 0.4) is 0 Å². The maximum Gasteiger partial charge on any atom is 0.280 e. The molecule has 0 spiro atoms. The van der Waals surface area contributed by atoms with Gasteiger partial charge in [-0.3, -0.25) is 19.9 Å². The summed E-state index contributed by atoms with van der Waals surface area (Å²) in [5.41, 5.74) is 0.691.